The molecule has 9 heteroatoms. The van der Waals surface area contributed by atoms with E-state index in [-0.39, 0.29) is 17.6 Å². The molecule has 3 aromatic rings. The molecular weight excluding hydrogens is 370 g/mol. The Balaban J connectivity index is 1.93. The van der Waals surface area contributed by atoms with Gasteiger partial charge in [-0.15, -0.1) is 0 Å². The van der Waals surface area contributed by atoms with Crippen molar-refractivity contribution < 1.29 is 18.7 Å². The van der Waals surface area contributed by atoms with Crippen molar-refractivity contribution in [3.8, 4) is 0 Å². The number of likely N-dealkylation sites (N-methyl/N-ethyl adjacent to an activating group) is 1. The van der Waals surface area contributed by atoms with Gasteiger partial charge in [-0.25, -0.2) is 18.6 Å². The lowest BCUT2D eigenvalue weighted by Crippen LogP contribution is -2.57. The number of hydrogen-bond donors (Lipinski definition) is 2. The van der Waals surface area contributed by atoms with Crippen LogP contribution in [-0.4, -0.2) is 53.5 Å². The molecule has 0 bridgehead atoms. The molecule has 1 aromatic carbocycles. The predicted octanol–water partition coefficient (Wildman–Crippen LogP) is 1.76. The predicted molar refractivity (Wildman–Crippen MR) is 101 cm³/mol. The van der Waals surface area contributed by atoms with Gasteiger partial charge in [0.1, 0.15) is 23.7 Å². The van der Waals surface area contributed by atoms with Crippen molar-refractivity contribution in [2.45, 2.75) is 12.6 Å². The molecule has 1 aliphatic heterocycles. The molecule has 146 valence electrons. The van der Waals surface area contributed by atoms with Crippen molar-refractivity contribution >= 4 is 33.6 Å². The van der Waals surface area contributed by atoms with E-state index in [1.54, 1.807) is 6.07 Å². The summed E-state index contributed by atoms with van der Waals surface area (Å²) in [4.78, 5) is 30.2. The number of nitrogens with zero attached hydrogens (tertiary/aromatic N) is 3. The molecule has 0 unspecified atom stereocenters. The first-order chi connectivity index (χ1) is 13.4. The van der Waals surface area contributed by atoms with Crippen LogP contribution in [0.3, 0.4) is 0 Å². The van der Waals surface area contributed by atoms with Gasteiger partial charge < -0.3 is 19.9 Å². The molecule has 0 spiro atoms. The topological polar surface area (TPSA) is 87.5 Å². The van der Waals surface area contributed by atoms with Gasteiger partial charge >= 0.3 is 5.97 Å². The van der Waals surface area contributed by atoms with Crippen molar-refractivity contribution in [3.05, 3.63) is 46.0 Å². The van der Waals surface area contributed by atoms with Gasteiger partial charge in [-0.3, -0.25) is 4.79 Å². The second-order valence-corrected chi connectivity index (χ2v) is 6.81. The quantitative estimate of drug-likeness (QED) is 0.648. The highest BCUT2D eigenvalue weighted by molar-refractivity contribution is 5.96. The molecule has 0 saturated carbocycles. The third-order valence-corrected chi connectivity index (χ3v) is 5.10. The number of carbonyl (C=O) groups is 1. The van der Waals surface area contributed by atoms with Gasteiger partial charge in [-0.1, -0.05) is 0 Å². The summed E-state index contributed by atoms with van der Waals surface area (Å²) in [7, 11) is 1.85. The number of fused-ring (bicyclic) bond motifs is 2. The molecule has 3 heterocycles. The Morgan fingerprint density at radius 1 is 1.36 bits per heavy atom. The van der Waals surface area contributed by atoms with E-state index in [1.165, 1.54) is 16.7 Å². The second kappa shape index (κ2) is 6.83. The van der Waals surface area contributed by atoms with E-state index in [9.17, 15) is 23.5 Å². The molecule has 4 rings (SSSR count). The number of carboxylic acids is 1. The zero-order chi connectivity index (χ0) is 20.0. The summed E-state index contributed by atoms with van der Waals surface area (Å²) < 4.78 is 28.9. The molecule has 0 aliphatic carbocycles. The highest BCUT2D eigenvalue weighted by Gasteiger charge is 2.28. The Bertz CT molecular complexity index is 1160. The number of aryl methyl sites for hydroxylation is 1. The van der Waals surface area contributed by atoms with Crippen molar-refractivity contribution in [2.24, 2.45) is 0 Å². The summed E-state index contributed by atoms with van der Waals surface area (Å²) in [5, 5.41) is 12.8. The van der Waals surface area contributed by atoms with Crippen LogP contribution in [0, 0.1) is 5.82 Å². The maximum absolute atomic E-state index is 14.6. The summed E-state index contributed by atoms with van der Waals surface area (Å²) in [5.74, 6) is -1.85. The fourth-order valence-corrected chi connectivity index (χ4v) is 3.49. The molecule has 0 amide bonds. The smallest absolute Gasteiger partial charge is 0.341 e. The number of benzene rings is 1. The van der Waals surface area contributed by atoms with Gasteiger partial charge in [-0.2, -0.15) is 0 Å². The number of hydrogen-bond acceptors (Lipinski definition) is 5. The molecular formula is C19H18F2N4O3. The largest absolute Gasteiger partial charge is 0.477 e. The third-order valence-electron chi connectivity index (χ3n) is 5.10. The number of nitrogens with one attached hydrogen (secondary N) is 1. The van der Waals surface area contributed by atoms with Crippen LogP contribution in [0.4, 0.5) is 14.5 Å². The lowest BCUT2D eigenvalue weighted by atomic mass is 10.1. The normalized spacial score (nSPS) is 14.6. The SMILES string of the molecule is CNC1CN(c2cc3nc4c(cc3cc2F)c(=O)c(C(=O)O)cn4CCF)C1. The van der Waals surface area contributed by atoms with Crippen molar-refractivity contribution in [3.63, 3.8) is 0 Å². The number of halogens is 2. The van der Waals surface area contributed by atoms with Crippen LogP contribution in [0.5, 0.6) is 0 Å². The number of anilines is 1. The Labute approximate surface area is 158 Å². The number of pyridine rings is 2. The number of alkyl halides is 1. The molecule has 2 aromatic heterocycles. The Hall–Kier alpha value is -3.07. The molecule has 2 N–H and O–H groups in total. The van der Waals surface area contributed by atoms with Gasteiger partial charge in [0.15, 0.2) is 0 Å². The Kier molecular flexibility index (Phi) is 4.46. The van der Waals surface area contributed by atoms with Crippen LogP contribution in [0.2, 0.25) is 0 Å². The summed E-state index contributed by atoms with van der Waals surface area (Å²) in [6, 6.07) is 4.60. The van der Waals surface area contributed by atoms with Gasteiger partial charge in [0.2, 0.25) is 5.43 Å². The molecule has 1 saturated heterocycles. The highest BCUT2D eigenvalue weighted by atomic mass is 19.1. The molecule has 1 aliphatic rings. The van der Waals surface area contributed by atoms with Crippen LogP contribution < -0.4 is 15.6 Å². The third kappa shape index (κ3) is 2.88. The van der Waals surface area contributed by atoms with Gasteiger partial charge in [0.25, 0.3) is 0 Å². The molecule has 0 radical (unpaired) electrons. The minimum atomic E-state index is -1.40. The molecule has 7 nitrogen and oxygen atoms in total. The Morgan fingerprint density at radius 2 is 2.11 bits per heavy atom. The fraction of sp³-hybridized carbons (Fsp3) is 0.316. The summed E-state index contributed by atoms with van der Waals surface area (Å²) in [6.07, 6.45) is 1.10. The van der Waals surface area contributed by atoms with Gasteiger partial charge in [0.05, 0.1) is 23.1 Å². The minimum absolute atomic E-state index is 0.0206. The number of aromatic carboxylic acids is 1. The summed E-state index contributed by atoms with van der Waals surface area (Å²) in [6.45, 7) is 0.451. The van der Waals surface area contributed by atoms with E-state index in [0.29, 0.717) is 35.7 Å². The van der Waals surface area contributed by atoms with E-state index < -0.39 is 29.5 Å². The van der Waals surface area contributed by atoms with E-state index in [2.05, 4.69) is 10.3 Å². The highest BCUT2D eigenvalue weighted by Crippen LogP contribution is 2.29. The average Bonchev–Trinajstić information content (AvgIpc) is 2.62. The lowest BCUT2D eigenvalue weighted by Gasteiger charge is -2.41. The number of aromatic nitrogens is 2. The lowest BCUT2D eigenvalue weighted by molar-refractivity contribution is 0.0694. The first-order valence-electron chi connectivity index (χ1n) is 8.82. The summed E-state index contributed by atoms with van der Waals surface area (Å²) in [5.41, 5.74) is -0.164. The number of carboxylic acid groups (broad SMARTS) is 1. The standard InChI is InChI=1S/C19H18F2N4O3/c1-22-11-7-25(8-11)16-6-15-10(5-14(16)21)4-12-17(26)13(19(27)28)9-24(3-2-20)18(12)23-15/h4-6,9,11,22H,2-3,7-8H2,1H3,(H,27,28). The van der Waals surface area contributed by atoms with Crippen molar-refractivity contribution in [2.75, 3.05) is 31.7 Å². The maximum atomic E-state index is 14.6. The van der Waals surface area contributed by atoms with E-state index >= 15 is 0 Å². The second-order valence-electron chi connectivity index (χ2n) is 6.81. The van der Waals surface area contributed by atoms with Gasteiger partial charge in [-0.05, 0) is 25.2 Å². The molecule has 28 heavy (non-hydrogen) atoms. The molecule has 0 atom stereocenters. The van der Waals surface area contributed by atoms with Crippen molar-refractivity contribution in [1.82, 2.24) is 14.9 Å². The first-order valence-corrected chi connectivity index (χ1v) is 8.82. The minimum Gasteiger partial charge on any atom is -0.477 e. The first kappa shape index (κ1) is 18.3. The number of rotatable bonds is 5. The van der Waals surface area contributed by atoms with E-state index in [4.69, 9.17) is 0 Å². The van der Waals surface area contributed by atoms with Crippen LogP contribution in [0.1, 0.15) is 10.4 Å². The fourth-order valence-electron chi connectivity index (χ4n) is 3.49. The monoisotopic (exact) mass is 388 g/mol. The Morgan fingerprint density at radius 3 is 2.75 bits per heavy atom. The zero-order valence-corrected chi connectivity index (χ0v) is 15.1. The van der Waals surface area contributed by atoms with Crippen LogP contribution in [0.25, 0.3) is 21.9 Å². The van der Waals surface area contributed by atoms with Crippen LogP contribution in [-0.2, 0) is 6.54 Å². The van der Waals surface area contributed by atoms with E-state index in [0.717, 1.165) is 6.20 Å². The van der Waals surface area contributed by atoms with Gasteiger partial charge in [0, 0.05) is 30.7 Å². The van der Waals surface area contributed by atoms with Crippen LogP contribution in [0.15, 0.2) is 29.2 Å². The maximum Gasteiger partial charge on any atom is 0.341 e. The molecule has 1 fully saturated rings. The van der Waals surface area contributed by atoms with E-state index in [1.807, 2.05) is 11.9 Å². The summed E-state index contributed by atoms with van der Waals surface area (Å²) >= 11 is 0. The zero-order valence-electron chi connectivity index (χ0n) is 15.1. The van der Waals surface area contributed by atoms with Crippen LogP contribution >= 0.6 is 0 Å². The average molecular weight is 388 g/mol. The van der Waals surface area contributed by atoms with Crippen molar-refractivity contribution in [1.29, 1.82) is 0 Å².